The van der Waals surface area contributed by atoms with Gasteiger partial charge in [0.15, 0.2) is 0 Å². The van der Waals surface area contributed by atoms with Gasteiger partial charge in [0.1, 0.15) is 0 Å². The number of halogens is 1. The molecule has 27 heavy (non-hydrogen) atoms. The molecule has 134 valence electrons. The maximum atomic E-state index is 13.1. The number of nitrogens with zero attached hydrogens (tertiary/aromatic N) is 2. The highest BCUT2D eigenvalue weighted by Gasteiger charge is 2.38. The third-order valence-electron chi connectivity index (χ3n) is 4.80. The van der Waals surface area contributed by atoms with Crippen LogP contribution < -0.4 is 0 Å². The average Bonchev–Trinajstić information content (AvgIpc) is 2.67. The molecule has 0 saturated carbocycles. The van der Waals surface area contributed by atoms with E-state index < -0.39 is 17.7 Å². The van der Waals surface area contributed by atoms with E-state index in [-0.39, 0.29) is 0 Å². The molecular weight excluding hydrogens is 364 g/mol. The summed E-state index contributed by atoms with van der Waals surface area (Å²) in [5, 5.41) is 3.59. The van der Waals surface area contributed by atoms with Crippen molar-refractivity contribution in [2.75, 3.05) is 7.05 Å². The van der Waals surface area contributed by atoms with Crippen LogP contribution in [-0.2, 0) is 0 Å². The Kier molecular flexibility index (Phi) is 3.97. The molecule has 3 amide bonds. The molecule has 3 aromatic rings. The topological polar surface area (TPSA) is 57.7 Å². The number of amides is 3. The summed E-state index contributed by atoms with van der Waals surface area (Å²) in [6, 6.07) is 15.4. The molecule has 0 saturated heterocycles. The summed E-state index contributed by atoms with van der Waals surface area (Å²) in [7, 11) is 1.42. The van der Waals surface area contributed by atoms with Gasteiger partial charge >= 0.3 is 0 Å². The van der Waals surface area contributed by atoms with Crippen LogP contribution in [0.15, 0.2) is 54.6 Å². The number of hydrogen-bond donors (Lipinski definition) is 0. The van der Waals surface area contributed by atoms with Gasteiger partial charge < -0.3 is 0 Å². The molecule has 0 aromatic heterocycles. The maximum Gasteiger partial charge on any atom is 0.280 e. The second-order valence-electron chi connectivity index (χ2n) is 6.39. The van der Waals surface area contributed by atoms with Crippen LogP contribution in [-0.4, -0.2) is 34.8 Å². The molecule has 6 heteroatoms. The Balaban J connectivity index is 1.83. The van der Waals surface area contributed by atoms with Gasteiger partial charge in [-0.05, 0) is 36.8 Å². The minimum atomic E-state index is -0.551. The molecule has 5 nitrogen and oxygen atoms in total. The largest absolute Gasteiger partial charge is 0.280 e. The first-order chi connectivity index (χ1) is 12.9. The van der Waals surface area contributed by atoms with E-state index in [4.69, 9.17) is 11.6 Å². The summed E-state index contributed by atoms with van der Waals surface area (Å²) >= 11 is 6.22. The van der Waals surface area contributed by atoms with Crippen molar-refractivity contribution in [1.29, 1.82) is 0 Å². The van der Waals surface area contributed by atoms with Crippen LogP contribution >= 0.6 is 11.6 Å². The maximum absolute atomic E-state index is 13.1. The molecule has 1 aliphatic heterocycles. The number of hydrazine groups is 1. The van der Waals surface area contributed by atoms with Crippen molar-refractivity contribution in [2.45, 2.75) is 6.92 Å². The molecule has 0 N–H and O–H groups in total. The van der Waals surface area contributed by atoms with E-state index in [2.05, 4.69) is 0 Å². The van der Waals surface area contributed by atoms with Crippen LogP contribution in [0.5, 0.6) is 0 Å². The van der Waals surface area contributed by atoms with Crippen molar-refractivity contribution >= 4 is 40.1 Å². The summed E-state index contributed by atoms with van der Waals surface area (Å²) in [5.74, 6) is -1.53. The number of benzene rings is 3. The predicted octanol–water partition coefficient (Wildman–Crippen LogP) is 4.08. The van der Waals surface area contributed by atoms with Gasteiger partial charge in [-0.2, -0.15) is 5.01 Å². The van der Waals surface area contributed by atoms with Crippen molar-refractivity contribution in [1.82, 2.24) is 10.0 Å². The van der Waals surface area contributed by atoms with E-state index in [0.29, 0.717) is 32.5 Å². The molecule has 3 aromatic carbocycles. The lowest BCUT2D eigenvalue weighted by atomic mass is 9.95. The molecular formula is C21H15ClN2O3. The van der Waals surface area contributed by atoms with E-state index in [0.717, 1.165) is 15.6 Å². The lowest BCUT2D eigenvalue weighted by Crippen LogP contribution is -2.52. The molecule has 4 rings (SSSR count). The number of aryl methyl sites for hydroxylation is 1. The number of imide groups is 1. The summed E-state index contributed by atoms with van der Waals surface area (Å²) in [4.78, 5) is 39.0. The van der Waals surface area contributed by atoms with Crippen molar-refractivity contribution in [2.24, 2.45) is 0 Å². The highest BCUT2D eigenvalue weighted by Crippen LogP contribution is 2.34. The van der Waals surface area contributed by atoms with Crippen molar-refractivity contribution in [3.63, 3.8) is 0 Å². The molecule has 0 bridgehead atoms. The first-order valence-electron chi connectivity index (χ1n) is 8.35. The first kappa shape index (κ1) is 17.2. The monoisotopic (exact) mass is 378 g/mol. The van der Waals surface area contributed by atoms with Crippen LogP contribution in [0.1, 0.15) is 36.6 Å². The van der Waals surface area contributed by atoms with Gasteiger partial charge in [-0.15, -0.1) is 0 Å². The fraction of sp³-hybridized carbons (Fsp3) is 0.0952. The third kappa shape index (κ3) is 2.51. The van der Waals surface area contributed by atoms with Gasteiger partial charge in [-0.25, -0.2) is 5.01 Å². The quantitative estimate of drug-likeness (QED) is 0.631. The second kappa shape index (κ2) is 6.21. The standard InChI is InChI=1S/C21H15ClN2O3/c1-12-6-3-4-7-13(12)19(25)23(2)24-20(26)15-9-5-8-14-17(22)11-10-16(18(14)15)21(24)27/h3-11H,1-2H3. The number of rotatable bonds is 2. The predicted molar refractivity (Wildman–Crippen MR) is 103 cm³/mol. The number of carbonyl (C=O) groups excluding carboxylic acids is 3. The Morgan fingerprint density at radius 1 is 0.926 bits per heavy atom. The van der Waals surface area contributed by atoms with E-state index >= 15 is 0 Å². The first-order valence-corrected chi connectivity index (χ1v) is 8.73. The molecule has 1 aliphatic rings. The summed E-state index contributed by atoms with van der Waals surface area (Å²) < 4.78 is 0. The van der Waals surface area contributed by atoms with Crippen LogP contribution in [0.4, 0.5) is 0 Å². The fourth-order valence-electron chi connectivity index (χ4n) is 3.40. The van der Waals surface area contributed by atoms with Gasteiger partial charge in [0.25, 0.3) is 17.7 Å². The van der Waals surface area contributed by atoms with E-state index in [1.54, 1.807) is 55.5 Å². The molecule has 0 unspecified atom stereocenters. The second-order valence-corrected chi connectivity index (χ2v) is 6.80. The van der Waals surface area contributed by atoms with Crippen LogP contribution in [0.25, 0.3) is 10.8 Å². The lowest BCUT2D eigenvalue weighted by Gasteiger charge is -2.33. The zero-order chi connectivity index (χ0) is 19.3. The molecule has 1 heterocycles. The molecule has 0 spiro atoms. The third-order valence-corrected chi connectivity index (χ3v) is 5.13. The van der Waals surface area contributed by atoms with E-state index in [1.807, 2.05) is 6.07 Å². The Hall–Kier alpha value is -3.18. The van der Waals surface area contributed by atoms with Gasteiger partial charge in [-0.1, -0.05) is 41.9 Å². The SMILES string of the molecule is Cc1ccccc1C(=O)N(C)N1C(=O)c2cccc3c(Cl)ccc(c23)C1=O. The molecule has 0 aliphatic carbocycles. The van der Waals surface area contributed by atoms with E-state index in [9.17, 15) is 14.4 Å². The fourth-order valence-corrected chi connectivity index (χ4v) is 3.62. The summed E-state index contributed by atoms with van der Waals surface area (Å²) in [6.45, 7) is 1.80. The lowest BCUT2D eigenvalue weighted by molar-refractivity contribution is 0.00889. The van der Waals surface area contributed by atoms with Crippen LogP contribution in [0.2, 0.25) is 5.02 Å². The molecule has 0 radical (unpaired) electrons. The summed E-state index contributed by atoms with van der Waals surface area (Å²) in [6.07, 6.45) is 0. The Morgan fingerprint density at radius 2 is 1.59 bits per heavy atom. The van der Waals surface area contributed by atoms with Crippen molar-refractivity contribution in [3.8, 4) is 0 Å². The zero-order valence-electron chi connectivity index (χ0n) is 14.7. The van der Waals surface area contributed by atoms with Crippen molar-refractivity contribution < 1.29 is 14.4 Å². The number of carbonyl (C=O) groups is 3. The van der Waals surface area contributed by atoms with Crippen LogP contribution in [0, 0.1) is 6.92 Å². The van der Waals surface area contributed by atoms with Gasteiger partial charge in [0.2, 0.25) is 0 Å². The average molecular weight is 379 g/mol. The Morgan fingerprint density at radius 3 is 2.30 bits per heavy atom. The Bertz CT molecular complexity index is 1120. The highest BCUT2D eigenvalue weighted by atomic mass is 35.5. The molecule has 0 fully saturated rings. The van der Waals surface area contributed by atoms with Crippen LogP contribution in [0.3, 0.4) is 0 Å². The minimum absolute atomic E-state index is 0.342. The van der Waals surface area contributed by atoms with Gasteiger partial charge in [0, 0.05) is 28.4 Å². The van der Waals surface area contributed by atoms with E-state index in [1.165, 1.54) is 7.05 Å². The summed E-state index contributed by atoms with van der Waals surface area (Å²) in [5.41, 5.74) is 1.88. The van der Waals surface area contributed by atoms with Crippen molar-refractivity contribution in [3.05, 3.63) is 81.9 Å². The zero-order valence-corrected chi connectivity index (χ0v) is 15.4. The van der Waals surface area contributed by atoms with Gasteiger partial charge in [-0.3, -0.25) is 14.4 Å². The molecule has 0 atom stereocenters. The van der Waals surface area contributed by atoms with Gasteiger partial charge in [0.05, 0.1) is 11.1 Å². The smallest absolute Gasteiger partial charge is 0.267 e. The Labute approximate surface area is 160 Å². The highest BCUT2D eigenvalue weighted by molar-refractivity contribution is 6.38. The minimum Gasteiger partial charge on any atom is -0.267 e. The number of hydrogen-bond acceptors (Lipinski definition) is 3. The normalized spacial score (nSPS) is 13.2.